The molecule has 3 rings (SSSR count). The number of methoxy groups -OCH3 is 1. The van der Waals surface area contributed by atoms with E-state index in [1.807, 2.05) is 32.3 Å². The molecule has 2 aromatic carbocycles. The van der Waals surface area contributed by atoms with E-state index in [0.717, 1.165) is 26.2 Å². The zero-order valence-corrected chi connectivity index (χ0v) is 19.1. The molecular formula is C24H36N4O3+2. The summed E-state index contributed by atoms with van der Waals surface area (Å²) in [7, 11) is 7.95. The summed E-state index contributed by atoms with van der Waals surface area (Å²) >= 11 is 0. The molecule has 0 radical (unpaired) electrons. The minimum atomic E-state index is -0.114. The molecule has 168 valence electrons. The Bertz CT molecular complexity index is 833. The highest BCUT2D eigenvalue weighted by molar-refractivity contribution is 5.77. The van der Waals surface area contributed by atoms with Crippen molar-refractivity contribution in [2.45, 2.75) is 6.04 Å². The molecule has 0 bridgehead atoms. The van der Waals surface area contributed by atoms with E-state index in [9.17, 15) is 4.79 Å². The van der Waals surface area contributed by atoms with Gasteiger partial charge in [-0.25, -0.2) is 0 Å². The molecule has 0 saturated carbocycles. The maximum atomic E-state index is 12.5. The van der Waals surface area contributed by atoms with Gasteiger partial charge in [0.1, 0.15) is 43.7 Å². The lowest BCUT2D eigenvalue weighted by Gasteiger charge is -2.33. The van der Waals surface area contributed by atoms with Crippen LogP contribution in [0.4, 0.5) is 5.69 Å². The van der Waals surface area contributed by atoms with E-state index in [0.29, 0.717) is 18.0 Å². The van der Waals surface area contributed by atoms with Gasteiger partial charge in [0.05, 0.1) is 20.7 Å². The first kappa shape index (κ1) is 22.9. The monoisotopic (exact) mass is 428 g/mol. The number of amides is 1. The largest absolute Gasteiger partial charge is 0.497 e. The Labute approximate surface area is 185 Å². The molecule has 1 fully saturated rings. The molecule has 2 aromatic rings. The van der Waals surface area contributed by atoms with Crippen molar-refractivity contribution >= 4 is 11.6 Å². The lowest BCUT2D eigenvalue weighted by atomic mass is 10.0. The van der Waals surface area contributed by atoms with Gasteiger partial charge in [0.2, 0.25) is 0 Å². The van der Waals surface area contributed by atoms with Crippen LogP contribution in [0.3, 0.4) is 0 Å². The molecule has 0 spiro atoms. The van der Waals surface area contributed by atoms with Gasteiger partial charge in [-0.15, -0.1) is 0 Å². The second-order valence-electron chi connectivity index (χ2n) is 8.43. The fourth-order valence-corrected chi connectivity index (χ4v) is 3.96. The molecule has 0 aromatic heterocycles. The number of hydrogen-bond donors (Lipinski definition) is 3. The van der Waals surface area contributed by atoms with Gasteiger partial charge >= 0.3 is 0 Å². The highest BCUT2D eigenvalue weighted by Gasteiger charge is 2.29. The van der Waals surface area contributed by atoms with Crippen molar-refractivity contribution in [1.29, 1.82) is 0 Å². The standard InChI is InChI=1S/C24H34N4O3/c1-26(2)20-10-8-19(9-11-20)23(28-14-12-27(3)13-15-28)17-25-24(29)18-31-22-7-5-6-21(16-22)30-4/h5-11,16,23H,12-15,17-18H2,1-4H3,(H,25,29)/p+2/t23-/m0/s1. The summed E-state index contributed by atoms with van der Waals surface area (Å²) in [4.78, 5) is 17.7. The van der Waals surface area contributed by atoms with Crippen molar-refractivity contribution in [1.82, 2.24) is 5.32 Å². The van der Waals surface area contributed by atoms with Crippen LogP contribution < -0.4 is 29.5 Å². The van der Waals surface area contributed by atoms with E-state index in [-0.39, 0.29) is 18.6 Å². The first-order chi connectivity index (χ1) is 15.0. The third kappa shape index (κ3) is 6.60. The number of quaternary nitrogens is 2. The third-order valence-corrected chi connectivity index (χ3v) is 5.96. The van der Waals surface area contributed by atoms with Crippen LogP contribution in [0, 0.1) is 0 Å². The first-order valence-electron chi connectivity index (χ1n) is 10.9. The van der Waals surface area contributed by atoms with Crippen LogP contribution in [-0.2, 0) is 4.79 Å². The number of nitrogens with zero attached hydrogens (tertiary/aromatic N) is 1. The molecule has 1 atom stereocenters. The summed E-state index contributed by atoms with van der Waals surface area (Å²) in [5.41, 5.74) is 2.44. The molecule has 7 nitrogen and oxygen atoms in total. The minimum absolute atomic E-state index is 0.0122. The predicted octanol–water partition coefficient (Wildman–Crippen LogP) is -0.589. The normalized spacial score (nSPS) is 19.4. The molecule has 7 heteroatoms. The van der Waals surface area contributed by atoms with E-state index < -0.39 is 0 Å². The molecule has 1 aliphatic rings. The van der Waals surface area contributed by atoms with Crippen molar-refractivity contribution in [2.75, 3.05) is 72.5 Å². The van der Waals surface area contributed by atoms with E-state index in [1.54, 1.807) is 18.1 Å². The van der Waals surface area contributed by atoms with Gasteiger partial charge in [-0.2, -0.15) is 0 Å². The van der Waals surface area contributed by atoms with Gasteiger partial charge in [-0.05, 0) is 24.3 Å². The zero-order chi connectivity index (χ0) is 22.2. The van der Waals surface area contributed by atoms with E-state index in [2.05, 4.69) is 41.5 Å². The van der Waals surface area contributed by atoms with Gasteiger partial charge in [0, 0.05) is 31.4 Å². The smallest absolute Gasteiger partial charge is 0.258 e. The molecule has 1 heterocycles. The van der Waals surface area contributed by atoms with Crippen molar-refractivity contribution in [3.05, 3.63) is 54.1 Å². The van der Waals surface area contributed by atoms with Gasteiger partial charge in [-0.1, -0.05) is 18.2 Å². The molecular weight excluding hydrogens is 392 g/mol. The number of piperazine rings is 1. The van der Waals surface area contributed by atoms with Gasteiger partial charge in [0.15, 0.2) is 6.61 Å². The Morgan fingerprint density at radius 2 is 1.74 bits per heavy atom. The van der Waals surface area contributed by atoms with Gasteiger partial charge < -0.3 is 29.5 Å². The number of hydrogen-bond acceptors (Lipinski definition) is 4. The van der Waals surface area contributed by atoms with Crippen LogP contribution in [0.5, 0.6) is 11.5 Å². The second kappa shape index (κ2) is 11.0. The molecule has 1 aliphatic heterocycles. The average molecular weight is 429 g/mol. The van der Waals surface area contributed by atoms with E-state index in [4.69, 9.17) is 9.47 Å². The average Bonchev–Trinajstić information content (AvgIpc) is 2.79. The maximum Gasteiger partial charge on any atom is 0.258 e. The quantitative estimate of drug-likeness (QED) is 0.500. The summed E-state index contributed by atoms with van der Waals surface area (Å²) in [6, 6.07) is 16.2. The van der Waals surface area contributed by atoms with Gasteiger partial charge in [0.25, 0.3) is 5.91 Å². The van der Waals surface area contributed by atoms with Crippen molar-refractivity contribution in [3.8, 4) is 11.5 Å². The van der Waals surface area contributed by atoms with Crippen LogP contribution in [0.15, 0.2) is 48.5 Å². The number of carbonyl (C=O) groups excluding carboxylic acids is 1. The van der Waals surface area contributed by atoms with Crippen molar-refractivity contribution in [3.63, 3.8) is 0 Å². The first-order valence-corrected chi connectivity index (χ1v) is 10.9. The maximum absolute atomic E-state index is 12.5. The molecule has 31 heavy (non-hydrogen) atoms. The number of ether oxygens (including phenoxy) is 2. The number of anilines is 1. The Kier molecular flexibility index (Phi) is 8.14. The van der Waals surface area contributed by atoms with Crippen LogP contribution >= 0.6 is 0 Å². The van der Waals surface area contributed by atoms with Crippen LogP contribution in [0.25, 0.3) is 0 Å². The summed E-state index contributed by atoms with van der Waals surface area (Å²) in [5.74, 6) is 1.22. The second-order valence-corrected chi connectivity index (χ2v) is 8.43. The van der Waals surface area contributed by atoms with Crippen LogP contribution in [0.2, 0.25) is 0 Å². The predicted molar refractivity (Wildman–Crippen MR) is 122 cm³/mol. The molecule has 3 N–H and O–H groups in total. The Balaban J connectivity index is 1.61. The number of rotatable bonds is 9. The minimum Gasteiger partial charge on any atom is -0.497 e. The Morgan fingerprint density at radius 3 is 2.39 bits per heavy atom. The molecule has 1 amide bonds. The zero-order valence-electron chi connectivity index (χ0n) is 19.1. The number of nitrogens with one attached hydrogen (secondary N) is 3. The lowest BCUT2D eigenvalue weighted by Crippen LogP contribution is -3.27. The number of benzene rings is 2. The fourth-order valence-electron chi connectivity index (χ4n) is 3.96. The molecule has 0 aliphatic carbocycles. The van der Waals surface area contributed by atoms with E-state index >= 15 is 0 Å². The highest BCUT2D eigenvalue weighted by Crippen LogP contribution is 2.19. The van der Waals surface area contributed by atoms with Crippen molar-refractivity contribution in [2.24, 2.45) is 0 Å². The van der Waals surface area contributed by atoms with Crippen LogP contribution in [0.1, 0.15) is 11.6 Å². The van der Waals surface area contributed by atoms with E-state index in [1.165, 1.54) is 16.2 Å². The van der Waals surface area contributed by atoms with Crippen molar-refractivity contribution < 1.29 is 24.1 Å². The summed E-state index contributed by atoms with van der Waals surface area (Å²) in [5, 5.41) is 3.09. The summed E-state index contributed by atoms with van der Waals surface area (Å²) in [6.45, 7) is 5.07. The third-order valence-electron chi connectivity index (χ3n) is 5.96. The molecule has 1 saturated heterocycles. The number of likely N-dealkylation sites (N-methyl/N-ethyl adjacent to an activating group) is 1. The summed E-state index contributed by atoms with van der Waals surface area (Å²) < 4.78 is 10.8. The summed E-state index contributed by atoms with van der Waals surface area (Å²) in [6.07, 6.45) is 0. The fraction of sp³-hybridized carbons (Fsp3) is 0.458. The highest BCUT2D eigenvalue weighted by atomic mass is 16.5. The van der Waals surface area contributed by atoms with Crippen LogP contribution in [-0.4, -0.2) is 73.5 Å². The Hall–Kier alpha value is -2.77. The number of carbonyl (C=O) groups is 1. The topological polar surface area (TPSA) is 59.7 Å². The molecule has 0 unspecified atom stereocenters. The van der Waals surface area contributed by atoms with Gasteiger partial charge in [-0.3, -0.25) is 4.79 Å². The SMILES string of the molecule is COc1cccc(OCC(=O)NC[C@@H](c2ccc(N(C)C)cc2)[NH+]2CC[NH+](C)CC2)c1. The lowest BCUT2D eigenvalue weighted by molar-refractivity contribution is -1.02. The Morgan fingerprint density at radius 1 is 1.06 bits per heavy atom.